The zero-order valence-corrected chi connectivity index (χ0v) is 14.3. The fourth-order valence-corrected chi connectivity index (χ4v) is 2.71. The molecule has 0 heterocycles. The van der Waals surface area contributed by atoms with Crippen LogP contribution < -0.4 is 5.32 Å². The van der Waals surface area contributed by atoms with Gasteiger partial charge < -0.3 is 10.1 Å². The lowest BCUT2D eigenvalue weighted by Gasteiger charge is -2.27. The van der Waals surface area contributed by atoms with Crippen molar-refractivity contribution in [2.45, 2.75) is 52.2 Å². The Morgan fingerprint density at radius 3 is 2.58 bits per heavy atom. The second-order valence-electron chi connectivity index (χ2n) is 5.61. The van der Waals surface area contributed by atoms with Crippen molar-refractivity contribution in [1.29, 1.82) is 0 Å². The van der Waals surface area contributed by atoms with E-state index in [2.05, 4.69) is 67.1 Å². The highest BCUT2D eigenvalue weighted by atomic mass is 79.9. The van der Waals surface area contributed by atoms with Crippen molar-refractivity contribution in [1.82, 2.24) is 5.32 Å². The summed E-state index contributed by atoms with van der Waals surface area (Å²) < 4.78 is 6.66. The lowest BCUT2D eigenvalue weighted by molar-refractivity contribution is 0.0117. The van der Waals surface area contributed by atoms with Crippen LogP contribution in [0.15, 0.2) is 22.7 Å². The minimum absolute atomic E-state index is 0.0586. The van der Waals surface area contributed by atoms with Crippen molar-refractivity contribution < 1.29 is 4.74 Å². The third-order valence-corrected chi connectivity index (χ3v) is 4.14. The number of aryl methyl sites for hydroxylation is 1. The molecule has 0 saturated heterocycles. The Bertz CT molecular complexity index is 404. The monoisotopic (exact) mass is 327 g/mol. The summed E-state index contributed by atoms with van der Waals surface area (Å²) in [7, 11) is 1.78. The molecule has 1 aromatic carbocycles. The quantitative estimate of drug-likeness (QED) is 0.789. The number of hydrogen-bond donors (Lipinski definition) is 1. The molecule has 0 aliphatic rings. The number of rotatable bonds is 7. The Balaban J connectivity index is 2.82. The summed E-state index contributed by atoms with van der Waals surface area (Å²) >= 11 is 3.53. The van der Waals surface area contributed by atoms with Crippen molar-refractivity contribution in [2.75, 3.05) is 13.7 Å². The molecule has 1 aromatic rings. The normalized spacial score (nSPS) is 13.6. The molecule has 0 saturated carbocycles. The molecular formula is C16H26BrNO. The van der Waals surface area contributed by atoms with Gasteiger partial charge in [0.05, 0.1) is 5.60 Å². The topological polar surface area (TPSA) is 21.3 Å². The van der Waals surface area contributed by atoms with Gasteiger partial charge in [-0.15, -0.1) is 0 Å². The maximum Gasteiger partial charge on any atom is 0.0623 e. The van der Waals surface area contributed by atoms with Gasteiger partial charge in [0.1, 0.15) is 0 Å². The summed E-state index contributed by atoms with van der Waals surface area (Å²) in [6, 6.07) is 6.91. The van der Waals surface area contributed by atoms with Crippen molar-refractivity contribution >= 4 is 15.9 Å². The van der Waals surface area contributed by atoms with Crippen molar-refractivity contribution in [3.05, 3.63) is 33.8 Å². The average Bonchev–Trinajstić information content (AvgIpc) is 2.35. The number of nitrogens with one attached hydrogen (secondary N) is 1. The second-order valence-corrected chi connectivity index (χ2v) is 6.53. The summed E-state index contributed by atoms with van der Waals surface area (Å²) in [5.41, 5.74) is 2.66. The maximum atomic E-state index is 5.52. The molecule has 1 N–H and O–H groups in total. The van der Waals surface area contributed by atoms with E-state index in [-0.39, 0.29) is 5.60 Å². The fourth-order valence-electron chi connectivity index (χ4n) is 2.24. The summed E-state index contributed by atoms with van der Waals surface area (Å²) in [6.45, 7) is 9.59. The summed E-state index contributed by atoms with van der Waals surface area (Å²) in [5.74, 6) is 0. The number of methoxy groups -OCH3 is 1. The van der Waals surface area contributed by atoms with E-state index in [4.69, 9.17) is 4.74 Å². The first-order valence-electron chi connectivity index (χ1n) is 6.94. The van der Waals surface area contributed by atoms with Crippen LogP contribution in [0.2, 0.25) is 0 Å². The summed E-state index contributed by atoms with van der Waals surface area (Å²) in [6.07, 6.45) is 2.12. The van der Waals surface area contributed by atoms with Gasteiger partial charge in [-0.05, 0) is 63.4 Å². The molecule has 1 rings (SSSR count). The first-order chi connectivity index (χ1) is 8.89. The van der Waals surface area contributed by atoms with Crippen LogP contribution in [-0.4, -0.2) is 19.3 Å². The lowest BCUT2D eigenvalue weighted by atomic mass is 9.92. The third-order valence-electron chi connectivity index (χ3n) is 3.65. The van der Waals surface area contributed by atoms with Gasteiger partial charge in [-0.3, -0.25) is 0 Å². The number of benzene rings is 1. The van der Waals surface area contributed by atoms with Gasteiger partial charge >= 0.3 is 0 Å². The molecule has 0 radical (unpaired) electrons. The lowest BCUT2D eigenvalue weighted by Crippen LogP contribution is -2.27. The third kappa shape index (κ3) is 5.25. The number of hydrogen-bond acceptors (Lipinski definition) is 2. The van der Waals surface area contributed by atoms with E-state index in [1.165, 1.54) is 11.1 Å². The predicted molar refractivity (Wildman–Crippen MR) is 85.6 cm³/mol. The molecule has 1 atom stereocenters. The highest BCUT2D eigenvalue weighted by molar-refractivity contribution is 9.10. The average molecular weight is 328 g/mol. The highest BCUT2D eigenvalue weighted by Crippen LogP contribution is 2.28. The van der Waals surface area contributed by atoms with Crippen molar-refractivity contribution in [3.63, 3.8) is 0 Å². The Kier molecular flexibility index (Phi) is 6.51. The minimum Gasteiger partial charge on any atom is -0.379 e. The largest absolute Gasteiger partial charge is 0.379 e. The van der Waals surface area contributed by atoms with Gasteiger partial charge in [0.25, 0.3) is 0 Å². The van der Waals surface area contributed by atoms with E-state index in [1.54, 1.807) is 7.11 Å². The Morgan fingerprint density at radius 2 is 2.05 bits per heavy atom. The van der Waals surface area contributed by atoms with Crippen LogP contribution >= 0.6 is 15.9 Å². The Hall–Kier alpha value is -0.380. The highest BCUT2D eigenvalue weighted by Gasteiger charge is 2.20. The van der Waals surface area contributed by atoms with Crippen LogP contribution in [0.1, 0.15) is 50.8 Å². The van der Waals surface area contributed by atoms with Crippen LogP contribution in [0.4, 0.5) is 0 Å². The molecule has 0 spiro atoms. The second kappa shape index (κ2) is 7.41. The van der Waals surface area contributed by atoms with E-state index in [0.717, 1.165) is 23.9 Å². The van der Waals surface area contributed by atoms with Gasteiger partial charge in [-0.2, -0.15) is 0 Å². The molecule has 0 amide bonds. The number of ether oxygens (including phenoxy) is 1. The first-order valence-corrected chi connectivity index (χ1v) is 7.73. The van der Waals surface area contributed by atoms with Gasteiger partial charge in [0.15, 0.2) is 0 Å². The molecule has 0 aromatic heterocycles. The van der Waals surface area contributed by atoms with Crippen LogP contribution in [0, 0.1) is 6.92 Å². The Morgan fingerprint density at radius 1 is 1.37 bits per heavy atom. The van der Waals surface area contributed by atoms with Crippen LogP contribution in [-0.2, 0) is 4.74 Å². The molecule has 0 aliphatic carbocycles. The molecule has 108 valence electrons. The van der Waals surface area contributed by atoms with Gasteiger partial charge in [0.2, 0.25) is 0 Å². The van der Waals surface area contributed by atoms with E-state index in [0.29, 0.717) is 6.04 Å². The van der Waals surface area contributed by atoms with Crippen molar-refractivity contribution in [2.24, 2.45) is 0 Å². The predicted octanol–water partition coefficient (Wildman–Crippen LogP) is 4.61. The maximum absolute atomic E-state index is 5.52. The van der Waals surface area contributed by atoms with Crippen LogP contribution in [0.5, 0.6) is 0 Å². The van der Waals surface area contributed by atoms with Gasteiger partial charge in [0, 0.05) is 17.6 Å². The molecule has 0 fully saturated rings. The van der Waals surface area contributed by atoms with E-state index in [9.17, 15) is 0 Å². The SMILES string of the molecule is CCNC(CCC(C)(C)OC)c1ccc(Br)cc1C. The van der Waals surface area contributed by atoms with E-state index in [1.807, 2.05) is 0 Å². The van der Waals surface area contributed by atoms with Crippen LogP contribution in [0.3, 0.4) is 0 Å². The summed E-state index contributed by atoms with van der Waals surface area (Å²) in [5, 5.41) is 3.59. The molecule has 3 heteroatoms. The van der Waals surface area contributed by atoms with Crippen LogP contribution in [0.25, 0.3) is 0 Å². The van der Waals surface area contributed by atoms with Crippen molar-refractivity contribution in [3.8, 4) is 0 Å². The summed E-state index contributed by atoms with van der Waals surface area (Å²) in [4.78, 5) is 0. The fraction of sp³-hybridized carbons (Fsp3) is 0.625. The number of halogens is 1. The smallest absolute Gasteiger partial charge is 0.0623 e. The minimum atomic E-state index is -0.0586. The molecule has 1 unspecified atom stereocenters. The molecule has 0 bridgehead atoms. The Labute approximate surface area is 126 Å². The van der Waals surface area contributed by atoms with Gasteiger partial charge in [-0.1, -0.05) is 28.9 Å². The van der Waals surface area contributed by atoms with E-state index < -0.39 is 0 Å². The van der Waals surface area contributed by atoms with E-state index >= 15 is 0 Å². The standard InChI is InChI=1S/C16H26BrNO/c1-6-18-15(9-10-16(3,4)19-5)14-8-7-13(17)11-12(14)2/h7-8,11,15,18H,6,9-10H2,1-5H3. The van der Waals surface area contributed by atoms with Gasteiger partial charge in [-0.25, -0.2) is 0 Å². The zero-order valence-electron chi connectivity index (χ0n) is 12.7. The first kappa shape index (κ1) is 16.7. The molecule has 2 nitrogen and oxygen atoms in total. The molecular weight excluding hydrogens is 302 g/mol. The zero-order chi connectivity index (χ0) is 14.5. The molecule has 0 aliphatic heterocycles. The molecule has 19 heavy (non-hydrogen) atoms.